The quantitative estimate of drug-likeness (QED) is 0.885. The predicted molar refractivity (Wildman–Crippen MR) is 79.0 cm³/mol. The van der Waals surface area contributed by atoms with E-state index in [4.69, 9.17) is 5.11 Å². The molecule has 1 aromatic rings. The third kappa shape index (κ3) is 4.92. The molecule has 0 saturated carbocycles. The standard InChI is InChI=1S/C14H16F2N2O3.ClH/c15-10-3-4-12(11(16)6-10)17-13(19)8-18-5-1-2-9(7-18)14(20)21;/h3-4,6,9H,1-2,5,7-8H2,(H,17,19)(H,20,21);1H. The Morgan fingerprint density at radius 3 is 2.73 bits per heavy atom. The number of anilines is 1. The van der Waals surface area contributed by atoms with E-state index in [0.717, 1.165) is 12.1 Å². The number of benzene rings is 1. The Morgan fingerprint density at radius 1 is 1.36 bits per heavy atom. The van der Waals surface area contributed by atoms with Crippen molar-refractivity contribution in [3.05, 3.63) is 29.8 Å². The largest absolute Gasteiger partial charge is 0.481 e. The first-order valence-electron chi connectivity index (χ1n) is 6.66. The third-order valence-corrected chi connectivity index (χ3v) is 3.43. The lowest BCUT2D eigenvalue weighted by Gasteiger charge is -2.29. The Hall–Kier alpha value is -1.73. The zero-order valence-corrected chi connectivity index (χ0v) is 12.5. The molecule has 0 radical (unpaired) electrons. The highest BCUT2D eigenvalue weighted by atomic mass is 35.5. The monoisotopic (exact) mass is 334 g/mol. The van der Waals surface area contributed by atoms with Gasteiger partial charge < -0.3 is 10.4 Å². The summed E-state index contributed by atoms with van der Waals surface area (Å²) in [7, 11) is 0. The second-order valence-electron chi connectivity index (χ2n) is 5.08. The van der Waals surface area contributed by atoms with E-state index >= 15 is 0 Å². The highest BCUT2D eigenvalue weighted by Gasteiger charge is 2.26. The maximum atomic E-state index is 13.4. The van der Waals surface area contributed by atoms with Gasteiger partial charge in [-0.1, -0.05) is 0 Å². The number of piperidine rings is 1. The van der Waals surface area contributed by atoms with Crippen molar-refractivity contribution in [1.82, 2.24) is 4.90 Å². The molecule has 1 aliphatic rings. The van der Waals surface area contributed by atoms with Crippen molar-refractivity contribution in [1.29, 1.82) is 0 Å². The van der Waals surface area contributed by atoms with Gasteiger partial charge in [0.15, 0.2) is 0 Å². The summed E-state index contributed by atoms with van der Waals surface area (Å²) in [5.74, 6) is -3.36. The van der Waals surface area contributed by atoms with Crippen molar-refractivity contribution in [3.8, 4) is 0 Å². The molecule has 1 heterocycles. The van der Waals surface area contributed by atoms with E-state index in [1.807, 2.05) is 0 Å². The average Bonchev–Trinajstić information content (AvgIpc) is 2.42. The number of hydrogen-bond acceptors (Lipinski definition) is 3. The number of nitrogens with one attached hydrogen (secondary N) is 1. The van der Waals surface area contributed by atoms with Crippen LogP contribution in [0.4, 0.5) is 14.5 Å². The van der Waals surface area contributed by atoms with E-state index in [0.29, 0.717) is 32.0 Å². The number of aliphatic carboxylic acids is 1. The molecule has 0 spiro atoms. The van der Waals surface area contributed by atoms with Crippen molar-refractivity contribution in [3.63, 3.8) is 0 Å². The second-order valence-corrected chi connectivity index (χ2v) is 5.08. The zero-order valence-electron chi connectivity index (χ0n) is 11.7. The van der Waals surface area contributed by atoms with Gasteiger partial charge in [-0.05, 0) is 31.5 Å². The van der Waals surface area contributed by atoms with Crippen LogP contribution in [0.2, 0.25) is 0 Å². The van der Waals surface area contributed by atoms with Crippen molar-refractivity contribution in [2.45, 2.75) is 12.8 Å². The molecule has 1 amide bonds. The van der Waals surface area contributed by atoms with Gasteiger partial charge in [-0.15, -0.1) is 12.4 Å². The number of carboxylic acid groups (broad SMARTS) is 1. The lowest BCUT2D eigenvalue weighted by molar-refractivity contribution is -0.144. The average molecular weight is 335 g/mol. The molecule has 8 heteroatoms. The van der Waals surface area contributed by atoms with E-state index < -0.39 is 29.4 Å². The van der Waals surface area contributed by atoms with Gasteiger partial charge in [-0.2, -0.15) is 0 Å². The Kier molecular flexibility index (Phi) is 6.70. The third-order valence-electron chi connectivity index (χ3n) is 3.43. The van der Waals surface area contributed by atoms with Crippen LogP contribution in [-0.4, -0.2) is 41.5 Å². The minimum Gasteiger partial charge on any atom is -0.481 e. The topological polar surface area (TPSA) is 69.6 Å². The fraction of sp³-hybridized carbons (Fsp3) is 0.429. The summed E-state index contributed by atoms with van der Waals surface area (Å²) in [6, 6.07) is 2.90. The van der Waals surface area contributed by atoms with Gasteiger partial charge in [0.05, 0.1) is 18.2 Å². The van der Waals surface area contributed by atoms with Gasteiger partial charge in [0.25, 0.3) is 0 Å². The van der Waals surface area contributed by atoms with E-state index in [9.17, 15) is 18.4 Å². The van der Waals surface area contributed by atoms with Crippen LogP contribution in [0.5, 0.6) is 0 Å². The van der Waals surface area contributed by atoms with Gasteiger partial charge in [0.2, 0.25) is 5.91 Å². The molecule has 22 heavy (non-hydrogen) atoms. The first-order chi connectivity index (χ1) is 9.95. The number of carboxylic acids is 1. The fourth-order valence-electron chi connectivity index (χ4n) is 2.38. The summed E-state index contributed by atoms with van der Waals surface area (Å²) in [5, 5.41) is 11.3. The molecule has 1 unspecified atom stereocenters. The summed E-state index contributed by atoms with van der Waals surface area (Å²) in [5.41, 5.74) is -0.0896. The Balaban J connectivity index is 0.00000242. The number of likely N-dealkylation sites (tertiary alicyclic amines) is 1. The molecule has 1 fully saturated rings. The SMILES string of the molecule is Cl.O=C(CN1CCCC(C(=O)O)C1)Nc1ccc(F)cc1F. The number of nitrogens with zero attached hydrogens (tertiary/aromatic N) is 1. The van der Waals surface area contributed by atoms with Crippen molar-refractivity contribution in [2.24, 2.45) is 5.92 Å². The maximum Gasteiger partial charge on any atom is 0.307 e. The normalized spacial score (nSPS) is 18.4. The molecule has 2 N–H and O–H groups in total. The molecule has 0 aromatic heterocycles. The molecule has 1 atom stereocenters. The van der Waals surface area contributed by atoms with Crippen LogP contribution >= 0.6 is 12.4 Å². The van der Waals surface area contributed by atoms with Gasteiger partial charge in [0, 0.05) is 12.6 Å². The molecular formula is C14H17ClF2N2O3. The summed E-state index contributed by atoms with van der Waals surface area (Å²) in [4.78, 5) is 24.5. The number of amides is 1. The van der Waals surface area contributed by atoms with Crippen molar-refractivity contribution in [2.75, 3.05) is 25.0 Å². The van der Waals surface area contributed by atoms with E-state index in [2.05, 4.69) is 5.32 Å². The van der Waals surface area contributed by atoms with Crippen LogP contribution in [0, 0.1) is 17.6 Å². The maximum absolute atomic E-state index is 13.4. The van der Waals surface area contributed by atoms with Gasteiger partial charge in [-0.25, -0.2) is 8.78 Å². The smallest absolute Gasteiger partial charge is 0.307 e. The molecule has 1 saturated heterocycles. The summed E-state index contributed by atoms with van der Waals surface area (Å²) < 4.78 is 26.2. The van der Waals surface area contributed by atoms with E-state index in [1.54, 1.807) is 4.90 Å². The molecule has 1 aromatic carbocycles. The highest BCUT2D eigenvalue weighted by Crippen LogP contribution is 2.17. The Bertz CT molecular complexity index is 557. The van der Waals surface area contributed by atoms with Crippen molar-refractivity contribution >= 4 is 30.0 Å². The summed E-state index contributed by atoms with van der Waals surface area (Å²) in [6.45, 7) is 0.915. The molecule has 122 valence electrons. The van der Waals surface area contributed by atoms with Gasteiger partial charge in [0.1, 0.15) is 11.6 Å². The first kappa shape index (κ1) is 18.3. The zero-order chi connectivity index (χ0) is 15.4. The Morgan fingerprint density at radius 2 is 2.09 bits per heavy atom. The number of rotatable bonds is 4. The Labute approximate surface area is 132 Å². The van der Waals surface area contributed by atoms with Crippen LogP contribution in [0.15, 0.2) is 18.2 Å². The minimum atomic E-state index is -0.871. The fourth-order valence-corrected chi connectivity index (χ4v) is 2.38. The molecule has 5 nitrogen and oxygen atoms in total. The van der Waals surface area contributed by atoms with Crippen LogP contribution in [0.25, 0.3) is 0 Å². The van der Waals surface area contributed by atoms with Crippen LogP contribution in [0.3, 0.4) is 0 Å². The van der Waals surface area contributed by atoms with E-state index in [-0.39, 0.29) is 24.6 Å². The van der Waals surface area contributed by atoms with Gasteiger partial charge >= 0.3 is 5.97 Å². The summed E-state index contributed by atoms with van der Waals surface area (Å²) in [6.07, 6.45) is 1.30. The number of halogens is 3. The molecule has 1 aliphatic heterocycles. The molecule has 2 rings (SSSR count). The second kappa shape index (κ2) is 8.05. The number of carbonyl (C=O) groups excluding carboxylic acids is 1. The predicted octanol–water partition coefficient (Wildman–Crippen LogP) is 2.12. The van der Waals surface area contributed by atoms with Gasteiger partial charge in [-0.3, -0.25) is 14.5 Å². The lowest BCUT2D eigenvalue weighted by atomic mass is 9.98. The first-order valence-corrected chi connectivity index (χ1v) is 6.66. The molecular weight excluding hydrogens is 318 g/mol. The highest BCUT2D eigenvalue weighted by molar-refractivity contribution is 5.92. The van der Waals surface area contributed by atoms with Crippen LogP contribution < -0.4 is 5.32 Å². The van der Waals surface area contributed by atoms with Crippen molar-refractivity contribution < 1.29 is 23.5 Å². The summed E-state index contributed by atoms with van der Waals surface area (Å²) >= 11 is 0. The van der Waals surface area contributed by atoms with Crippen LogP contribution in [-0.2, 0) is 9.59 Å². The molecule has 0 aliphatic carbocycles. The van der Waals surface area contributed by atoms with Crippen LogP contribution in [0.1, 0.15) is 12.8 Å². The minimum absolute atomic E-state index is 0. The number of carbonyl (C=O) groups is 2. The molecule has 0 bridgehead atoms. The number of hydrogen-bond donors (Lipinski definition) is 2. The lowest BCUT2D eigenvalue weighted by Crippen LogP contribution is -2.42. The van der Waals surface area contributed by atoms with E-state index in [1.165, 1.54) is 0 Å².